The fraction of sp³-hybridized carbons (Fsp3) is 0.600. The van der Waals surface area contributed by atoms with E-state index in [9.17, 15) is 4.79 Å². The van der Waals surface area contributed by atoms with E-state index in [0.717, 1.165) is 25.1 Å². The number of nitrogens with zero attached hydrogens (tertiary/aromatic N) is 1. The van der Waals surface area contributed by atoms with Crippen LogP contribution in [0.3, 0.4) is 0 Å². The molecule has 0 saturated carbocycles. The number of carbonyl (C=O) groups is 1. The van der Waals surface area contributed by atoms with Crippen LogP contribution < -0.4 is 10.6 Å². The molecule has 0 bridgehead atoms. The van der Waals surface area contributed by atoms with Crippen LogP contribution in [0.1, 0.15) is 50.9 Å². The van der Waals surface area contributed by atoms with Crippen molar-refractivity contribution < 1.29 is 4.79 Å². The van der Waals surface area contributed by atoms with Crippen molar-refractivity contribution in [2.24, 2.45) is 5.92 Å². The molecule has 19 heavy (non-hydrogen) atoms. The summed E-state index contributed by atoms with van der Waals surface area (Å²) in [5.74, 6) is 0.380. The van der Waals surface area contributed by atoms with Crippen LogP contribution >= 0.6 is 0 Å². The van der Waals surface area contributed by atoms with Gasteiger partial charge in [0, 0.05) is 25.0 Å². The molecule has 1 rings (SSSR count). The molecule has 1 aromatic rings. The van der Waals surface area contributed by atoms with E-state index >= 15 is 0 Å². The molecular formula is C15H25N3O. The molecule has 1 amide bonds. The molecule has 1 atom stereocenters. The summed E-state index contributed by atoms with van der Waals surface area (Å²) in [4.78, 5) is 16.4. The van der Waals surface area contributed by atoms with Gasteiger partial charge in [0.05, 0.1) is 11.3 Å². The Morgan fingerprint density at radius 3 is 2.68 bits per heavy atom. The number of hydrogen-bond donors (Lipinski definition) is 2. The van der Waals surface area contributed by atoms with Gasteiger partial charge in [0.2, 0.25) is 0 Å². The lowest BCUT2D eigenvalue weighted by atomic mass is 10.0. The molecule has 0 aliphatic carbocycles. The maximum atomic E-state index is 12.3. The third-order valence-electron chi connectivity index (χ3n) is 3.19. The standard InChI is InChI=1S/C15H25N3O/c1-5-8-17-14-7-9-16-10-12(14)15(19)18-13(6-2)11(3)4/h7,9-11,13H,5-6,8H2,1-4H3,(H,16,17)(H,18,19). The Hall–Kier alpha value is -1.58. The first kappa shape index (κ1) is 15.5. The van der Waals surface area contributed by atoms with Gasteiger partial charge in [-0.1, -0.05) is 27.7 Å². The Labute approximate surface area is 116 Å². The van der Waals surface area contributed by atoms with Crippen LogP contribution in [-0.4, -0.2) is 23.5 Å². The Balaban J connectivity index is 2.81. The number of amides is 1. The average molecular weight is 263 g/mol. The van der Waals surface area contributed by atoms with Crippen molar-refractivity contribution in [1.29, 1.82) is 0 Å². The summed E-state index contributed by atoms with van der Waals surface area (Å²) >= 11 is 0. The lowest BCUT2D eigenvalue weighted by Crippen LogP contribution is -2.38. The monoisotopic (exact) mass is 263 g/mol. The lowest BCUT2D eigenvalue weighted by molar-refractivity contribution is 0.0925. The molecule has 0 fully saturated rings. The Kier molecular flexibility index (Phi) is 6.33. The molecule has 0 aromatic carbocycles. The van der Waals surface area contributed by atoms with E-state index in [0.29, 0.717) is 11.5 Å². The molecule has 1 aromatic heterocycles. The second kappa shape index (κ2) is 7.77. The Morgan fingerprint density at radius 2 is 2.11 bits per heavy atom. The molecule has 2 N–H and O–H groups in total. The maximum absolute atomic E-state index is 12.3. The molecule has 0 radical (unpaired) electrons. The van der Waals surface area contributed by atoms with Gasteiger partial charge in [-0.25, -0.2) is 0 Å². The first-order valence-corrected chi connectivity index (χ1v) is 7.08. The fourth-order valence-electron chi connectivity index (χ4n) is 1.98. The number of rotatable bonds is 7. The first-order chi connectivity index (χ1) is 9.10. The normalized spacial score (nSPS) is 12.3. The van der Waals surface area contributed by atoms with Gasteiger partial charge >= 0.3 is 0 Å². The van der Waals surface area contributed by atoms with Crippen LogP contribution in [0.4, 0.5) is 5.69 Å². The van der Waals surface area contributed by atoms with Crippen LogP contribution in [0.2, 0.25) is 0 Å². The van der Waals surface area contributed by atoms with E-state index < -0.39 is 0 Å². The Morgan fingerprint density at radius 1 is 1.37 bits per heavy atom. The van der Waals surface area contributed by atoms with Crippen LogP contribution in [0.25, 0.3) is 0 Å². The molecular weight excluding hydrogens is 238 g/mol. The number of hydrogen-bond acceptors (Lipinski definition) is 3. The summed E-state index contributed by atoms with van der Waals surface area (Å²) in [5, 5.41) is 6.34. The molecule has 106 valence electrons. The highest BCUT2D eigenvalue weighted by molar-refractivity contribution is 5.99. The average Bonchev–Trinajstić information content (AvgIpc) is 2.42. The number of aromatic nitrogens is 1. The highest BCUT2D eigenvalue weighted by Gasteiger charge is 2.17. The van der Waals surface area contributed by atoms with Crippen molar-refractivity contribution in [2.75, 3.05) is 11.9 Å². The third kappa shape index (κ3) is 4.54. The number of carbonyl (C=O) groups excluding carboxylic acids is 1. The molecule has 0 saturated heterocycles. The van der Waals surface area contributed by atoms with E-state index in [-0.39, 0.29) is 11.9 Å². The van der Waals surface area contributed by atoms with Crippen molar-refractivity contribution in [1.82, 2.24) is 10.3 Å². The zero-order valence-corrected chi connectivity index (χ0v) is 12.4. The van der Waals surface area contributed by atoms with Gasteiger partial charge in [0.1, 0.15) is 0 Å². The largest absolute Gasteiger partial charge is 0.384 e. The predicted octanol–water partition coefficient (Wildman–Crippen LogP) is 3.07. The molecule has 4 nitrogen and oxygen atoms in total. The van der Waals surface area contributed by atoms with Crippen LogP contribution in [0.5, 0.6) is 0 Å². The van der Waals surface area contributed by atoms with Crippen molar-refractivity contribution in [3.8, 4) is 0 Å². The topological polar surface area (TPSA) is 54.0 Å². The summed E-state index contributed by atoms with van der Waals surface area (Å²) in [7, 11) is 0. The SMILES string of the molecule is CCCNc1ccncc1C(=O)NC(CC)C(C)C. The minimum absolute atomic E-state index is 0.0488. The maximum Gasteiger partial charge on any atom is 0.255 e. The van der Waals surface area contributed by atoms with Gasteiger partial charge in [0.15, 0.2) is 0 Å². The van der Waals surface area contributed by atoms with E-state index in [2.05, 4.69) is 43.3 Å². The summed E-state index contributed by atoms with van der Waals surface area (Å²) in [6.45, 7) is 9.28. The fourth-order valence-corrected chi connectivity index (χ4v) is 1.98. The minimum atomic E-state index is -0.0488. The second-order valence-corrected chi connectivity index (χ2v) is 5.08. The Bertz CT molecular complexity index is 404. The van der Waals surface area contributed by atoms with Gasteiger partial charge in [0.25, 0.3) is 5.91 Å². The molecule has 0 aliphatic rings. The quantitative estimate of drug-likeness (QED) is 0.795. The van der Waals surface area contributed by atoms with Gasteiger partial charge < -0.3 is 10.6 Å². The van der Waals surface area contributed by atoms with Crippen molar-refractivity contribution >= 4 is 11.6 Å². The van der Waals surface area contributed by atoms with Crippen molar-refractivity contribution in [3.63, 3.8) is 0 Å². The predicted molar refractivity (Wildman–Crippen MR) is 79.4 cm³/mol. The van der Waals surface area contributed by atoms with Gasteiger partial charge in [-0.2, -0.15) is 0 Å². The summed E-state index contributed by atoms with van der Waals surface area (Å²) < 4.78 is 0. The van der Waals surface area contributed by atoms with Crippen LogP contribution in [0, 0.1) is 5.92 Å². The smallest absolute Gasteiger partial charge is 0.255 e. The van der Waals surface area contributed by atoms with E-state index in [1.165, 1.54) is 0 Å². The van der Waals surface area contributed by atoms with E-state index in [1.54, 1.807) is 12.4 Å². The number of pyridine rings is 1. The van der Waals surface area contributed by atoms with Gasteiger partial charge in [-0.15, -0.1) is 0 Å². The summed E-state index contributed by atoms with van der Waals surface area (Å²) in [5.41, 5.74) is 1.48. The zero-order chi connectivity index (χ0) is 14.3. The second-order valence-electron chi connectivity index (χ2n) is 5.08. The van der Waals surface area contributed by atoms with Gasteiger partial charge in [-0.05, 0) is 24.8 Å². The molecule has 4 heteroatoms. The first-order valence-electron chi connectivity index (χ1n) is 7.08. The molecule has 1 unspecified atom stereocenters. The van der Waals surface area contributed by atoms with Crippen LogP contribution in [0.15, 0.2) is 18.5 Å². The minimum Gasteiger partial charge on any atom is -0.384 e. The number of nitrogens with one attached hydrogen (secondary N) is 2. The van der Waals surface area contributed by atoms with Crippen LogP contribution in [-0.2, 0) is 0 Å². The van der Waals surface area contributed by atoms with Crippen molar-refractivity contribution in [2.45, 2.75) is 46.6 Å². The van der Waals surface area contributed by atoms with Gasteiger partial charge in [-0.3, -0.25) is 9.78 Å². The molecule has 1 heterocycles. The zero-order valence-electron chi connectivity index (χ0n) is 12.4. The van der Waals surface area contributed by atoms with Crippen molar-refractivity contribution in [3.05, 3.63) is 24.0 Å². The third-order valence-corrected chi connectivity index (χ3v) is 3.19. The molecule has 0 spiro atoms. The summed E-state index contributed by atoms with van der Waals surface area (Å²) in [6, 6.07) is 2.05. The van der Waals surface area contributed by atoms with E-state index in [4.69, 9.17) is 0 Å². The van der Waals surface area contributed by atoms with E-state index in [1.807, 2.05) is 6.07 Å². The highest BCUT2D eigenvalue weighted by atomic mass is 16.1. The summed E-state index contributed by atoms with van der Waals surface area (Å²) in [6.07, 6.45) is 5.28. The lowest BCUT2D eigenvalue weighted by Gasteiger charge is -2.21. The highest BCUT2D eigenvalue weighted by Crippen LogP contribution is 2.15. The number of anilines is 1. The molecule has 0 aliphatic heterocycles.